The summed E-state index contributed by atoms with van der Waals surface area (Å²) >= 11 is 0. The Balaban J connectivity index is 2.01. The molecule has 2 aromatic heterocycles. The van der Waals surface area contributed by atoms with Gasteiger partial charge in [-0.1, -0.05) is 19.6 Å². The molecule has 3 nitrogen and oxygen atoms in total. The molecule has 4 heteroatoms. The molecule has 0 radical (unpaired) electrons. The first kappa shape index (κ1) is 11.9. The average Bonchev–Trinajstić information content (AvgIpc) is 2.70. The Morgan fingerprint density at radius 2 is 2.12 bits per heavy atom. The number of aryl methyl sites for hydroxylation is 1. The van der Waals surface area contributed by atoms with Crippen LogP contribution in [0.15, 0.2) is 24.5 Å². The van der Waals surface area contributed by atoms with Crippen LogP contribution in [0.5, 0.6) is 0 Å². The summed E-state index contributed by atoms with van der Waals surface area (Å²) in [6.07, 6.45) is 5.52. The quantitative estimate of drug-likeness (QED) is 0.599. The first-order valence-electron chi connectivity index (χ1n) is 5.84. The van der Waals surface area contributed by atoms with E-state index in [-0.39, 0.29) is 0 Å². The number of rotatable bonds is 2. The second-order valence-electron chi connectivity index (χ2n) is 5.10. The second kappa shape index (κ2) is 4.72. The molecule has 0 N–H and O–H groups in total. The second-order valence-corrected chi connectivity index (χ2v) is 9.85. The highest BCUT2D eigenvalue weighted by Crippen LogP contribution is 2.03. The summed E-state index contributed by atoms with van der Waals surface area (Å²) in [5.41, 5.74) is 5.36. The lowest BCUT2D eigenvalue weighted by Crippen LogP contribution is -2.16. The first-order valence-corrected chi connectivity index (χ1v) is 9.34. The molecule has 0 spiro atoms. The molecule has 0 atom stereocenters. The molecule has 0 unspecified atom stereocenters. The van der Waals surface area contributed by atoms with Crippen LogP contribution >= 0.6 is 0 Å². The van der Waals surface area contributed by atoms with Crippen molar-refractivity contribution in [1.29, 1.82) is 0 Å². The fraction of sp³-hybridized carbons (Fsp3) is 0.385. The van der Waals surface area contributed by atoms with Crippen LogP contribution in [-0.4, -0.2) is 22.7 Å². The highest BCUT2D eigenvalue weighted by Gasteiger charge is 2.07. The van der Waals surface area contributed by atoms with Crippen molar-refractivity contribution < 1.29 is 0 Å². The SMILES string of the molecule is C[Si](C)(C)C#CCCc1ccn2nccc2n1. The lowest BCUT2D eigenvalue weighted by Gasteiger charge is -2.03. The van der Waals surface area contributed by atoms with Crippen LogP contribution in [0.4, 0.5) is 0 Å². The van der Waals surface area contributed by atoms with Crippen molar-refractivity contribution in [1.82, 2.24) is 14.6 Å². The van der Waals surface area contributed by atoms with E-state index in [2.05, 4.69) is 41.2 Å². The maximum Gasteiger partial charge on any atom is 0.155 e. The smallest absolute Gasteiger partial charge is 0.155 e. The molecule has 0 aromatic carbocycles. The van der Waals surface area contributed by atoms with Crippen LogP contribution in [0, 0.1) is 11.5 Å². The average molecular weight is 243 g/mol. The minimum atomic E-state index is -1.22. The van der Waals surface area contributed by atoms with Gasteiger partial charge in [0, 0.05) is 30.8 Å². The Kier molecular flexibility index (Phi) is 3.30. The Labute approximate surface area is 103 Å². The van der Waals surface area contributed by atoms with Gasteiger partial charge >= 0.3 is 0 Å². The van der Waals surface area contributed by atoms with Crippen molar-refractivity contribution in [3.8, 4) is 11.5 Å². The van der Waals surface area contributed by atoms with Crippen LogP contribution in [0.25, 0.3) is 5.65 Å². The first-order chi connectivity index (χ1) is 8.04. The molecule has 17 heavy (non-hydrogen) atoms. The van der Waals surface area contributed by atoms with E-state index in [1.165, 1.54) is 0 Å². The van der Waals surface area contributed by atoms with E-state index in [1.807, 2.05) is 18.3 Å². The zero-order chi connectivity index (χ0) is 12.3. The van der Waals surface area contributed by atoms with Gasteiger partial charge < -0.3 is 0 Å². The van der Waals surface area contributed by atoms with Gasteiger partial charge in [0.05, 0.1) is 6.20 Å². The molecule has 88 valence electrons. The molecule has 2 heterocycles. The molecule has 0 amide bonds. The normalized spacial score (nSPS) is 11.2. The molecule has 0 fully saturated rings. The molecular formula is C13H17N3Si. The van der Waals surface area contributed by atoms with Gasteiger partial charge in [-0.2, -0.15) is 5.10 Å². The highest BCUT2D eigenvalue weighted by molar-refractivity contribution is 6.83. The van der Waals surface area contributed by atoms with Gasteiger partial charge in [-0.3, -0.25) is 0 Å². The van der Waals surface area contributed by atoms with Crippen molar-refractivity contribution in [2.75, 3.05) is 0 Å². The summed E-state index contributed by atoms with van der Waals surface area (Å²) < 4.78 is 1.78. The van der Waals surface area contributed by atoms with Crippen LogP contribution in [0.1, 0.15) is 12.1 Å². The molecule has 0 saturated heterocycles. The van der Waals surface area contributed by atoms with Crippen LogP contribution < -0.4 is 0 Å². The molecule has 0 aliphatic carbocycles. The number of nitrogens with zero attached hydrogens (tertiary/aromatic N) is 3. The Morgan fingerprint density at radius 3 is 2.88 bits per heavy atom. The number of hydrogen-bond donors (Lipinski definition) is 0. The van der Waals surface area contributed by atoms with E-state index in [1.54, 1.807) is 10.7 Å². The Hall–Kier alpha value is -1.60. The van der Waals surface area contributed by atoms with Crippen LogP contribution in [0.3, 0.4) is 0 Å². The van der Waals surface area contributed by atoms with Crippen molar-refractivity contribution in [3.05, 3.63) is 30.2 Å². The molecule has 2 aromatic rings. The predicted molar refractivity (Wildman–Crippen MR) is 72.4 cm³/mol. The van der Waals surface area contributed by atoms with E-state index >= 15 is 0 Å². The van der Waals surface area contributed by atoms with Gasteiger partial charge in [-0.25, -0.2) is 9.50 Å². The molecular weight excluding hydrogens is 226 g/mol. The molecule has 0 aliphatic heterocycles. The van der Waals surface area contributed by atoms with Gasteiger partial charge in [0.25, 0.3) is 0 Å². The summed E-state index contributed by atoms with van der Waals surface area (Å²) in [5.74, 6) is 3.27. The monoisotopic (exact) mass is 243 g/mol. The molecule has 2 rings (SSSR count). The Morgan fingerprint density at radius 1 is 1.29 bits per heavy atom. The van der Waals surface area contributed by atoms with Crippen molar-refractivity contribution in [2.24, 2.45) is 0 Å². The van der Waals surface area contributed by atoms with E-state index in [0.717, 1.165) is 24.2 Å². The number of fused-ring (bicyclic) bond motifs is 1. The van der Waals surface area contributed by atoms with E-state index < -0.39 is 8.07 Å². The summed E-state index contributed by atoms with van der Waals surface area (Å²) in [5, 5.41) is 4.12. The minimum absolute atomic E-state index is 0.890. The van der Waals surface area contributed by atoms with Crippen LogP contribution in [-0.2, 0) is 6.42 Å². The number of aromatic nitrogens is 3. The lowest BCUT2D eigenvalue weighted by atomic mass is 10.2. The summed E-state index contributed by atoms with van der Waals surface area (Å²) in [4.78, 5) is 4.51. The van der Waals surface area contributed by atoms with Gasteiger partial charge in [0.1, 0.15) is 8.07 Å². The number of hydrogen-bond acceptors (Lipinski definition) is 2. The zero-order valence-electron chi connectivity index (χ0n) is 10.6. The molecule has 0 bridgehead atoms. The fourth-order valence-corrected chi connectivity index (χ4v) is 2.16. The molecule has 0 saturated carbocycles. The zero-order valence-corrected chi connectivity index (χ0v) is 11.6. The topological polar surface area (TPSA) is 30.2 Å². The third-order valence-electron chi connectivity index (χ3n) is 2.29. The van der Waals surface area contributed by atoms with Crippen LogP contribution in [0.2, 0.25) is 19.6 Å². The minimum Gasteiger partial charge on any atom is -0.234 e. The lowest BCUT2D eigenvalue weighted by molar-refractivity contribution is 0.895. The summed E-state index contributed by atoms with van der Waals surface area (Å²) in [6, 6.07) is 3.92. The van der Waals surface area contributed by atoms with Crippen molar-refractivity contribution in [3.63, 3.8) is 0 Å². The maximum absolute atomic E-state index is 4.51. The highest BCUT2D eigenvalue weighted by atomic mass is 28.3. The largest absolute Gasteiger partial charge is 0.234 e. The van der Waals surface area contributed by atoms with Gasteiger partial charge in [-0.05, 0) is 6.07 Å². The fourth-order valence-electron chi connectivity index (χ4n) is 1.51. The Bertz CT molecular complexity index is 569. The standard InChI is InChI=1S/C13H17N3Si/c1-17(2,3)11-5-4-6-12-8-10-16-13(15-12)7-9-14-16/h7-10H,4,6H2,1-3H3. The predicted octanol–water partition coefficient (Wildman–Crippen LogP) is 2.54. The molecule has 0 aliphatic rings. The third kappa shape index (κ3) is 3.43. The van der Waals surface area contributed by atoms with Crippen molar-refractivity contribution >= 4 is 13.7 Å². The van der Waals surface area contributed by atoms with E-state index in [4.69, 9.17) is 0 Å². The van der Waals surface area contributed by atoms with Gasteiger partial charge in [0.2, 0.25) is 0 Å². The van der Waals surface area contributed by atoms with E-state index in [9.17, 15) is 0 Å². The van der Waals surface area contributed by atoms with Gasteiger partial charge in [-0.15, -0.1) is 11.5 Å². The third-order valence-corrected chi connectivity index (χ3v) is 3.21. The maximum atomic E-state index is 4.51. The van der Waals surface area contributed by atoms with Crippen molar-refractivity contribution in [2.45, 2.75) is 32.5 Å². The van der Waals surface area contributed by atoms with E-state index in [0.29, 0.717) is 0 Å². The summed E-state index contributed by atoms with van der Waals surface area (Å²) in [6.45, 7) is 6.78. The van der Waals surface area contributed by atoms with Gasteiger partial charge in [0.15, 0.2) is 5.65 Å². The summed E-state index contributed by atoms with van der Waals surface area (Å²) in [7, 11) is -1.22.